The van der Waals surface area contributed by atoms with Crippen molar-refractivity contribution in [1.29, 1.82) is 0 Å². The molecule has 0 amide bonds. The van der Waals surface area contributed by atoms with Crippen molar-refractivity contribution in [2.24, 2.45) is 17.3 Å². The van der Waals surface area contributed by atoms with E-state index >= 15 is 0 Å². The highest BCUT2D eigenvalue weighted by Crippen LogP contribution is 2.66. The van der Waals surface area contributed by atoms with Crippen LogP contribution in [0.15, 0.2) is 18.2 Å². The molecule has 3 fully saturated rings. The maximum absolute atomic E-state index is 12.1. The SMILES string of the molecule is CC12CCC3c4ccc(O)cc4CCC3C1CC[C@@]21CCCC(=O)O1. The molecule has 3 heteroatoms. The van der Waals surface area contributed by atoms with Gasteiger partial charge in [0.25, 0.3) is 0 Å². The van der Waals surface area contributed by atoms with Crippen molar-refractivity contribution in [2.45, 2.75) is 76.2 Å². The number of aromatic hydroxyl groups is 1. The zero-order valence-electron chi connectivity index (χ0n) is 15.1. The molecule has 1 aromatic rings. The fraction of sp³-hybridized carbons (Fsp3) is 0.682. The van der Waals surface area contributed by atoms with Crippen LogP contribution in [-0.4, -0.2) is 16.7 Å². The summed E-state index contributed by atoms with van der Waals surface area (Å²) in [6.45, 7) is 2.42. The summed E-state index contributed by atoms with van der Waals surface area (Å²) < 4.78 is 6.10. The molecule has 1 spiro atoms. The summed E-state index contributed by atoms with van der Waals surface area (Å²) >= 11 is 0. The van der Waals surface area contributed by atoms with Crippen LogP contribution in [0.1, 0.15) is 75.3 Å². The molecule has 0 aromatic heterocycles. The van der Waals surface area contributed by atoms with Gasteiger partial charge in [0.15, 0.2) is 0 Å². The molecule has 25 heavy (non-hydrogen) atoms. The molecule has 4 unspecified atom stereocenters. The lowest BCUT2D eigenvalue weighted by molar-refractivity contribution is -0.190. The van der Waals surface area contributed by atoms with Crippen LogP contribution in [0.3, 0.4) is 0 Å². The van der Waals surface area contributed by atoms with Gasteiger partial charge >= 0.3 is 5.97 Å². The van der Waals surface area contributed by atoms with E-state index < -0.39 is 0 Å². The minimum Gasteiger partial charge on any atom is -0.508 e. The van der Waals surface area contributed by atoms with E-state index in [-0.39, 0.29) is 17.0 Å². The summed E-state index contributed by atoms with van der Waals surface area (Å²) in [4.78, 5) is 12.1. The van der Waals surface area contributed by atoms with E-state index in [1.165, 1.54) is 30.4 Å². The number of ether oxygens (including phenoxy) is 1. The predicted molar refractivity (Wildman–Crippen MR) is 95.4 cm³/mol. The quantitative estimate of drug-likeness (QED) is 0.696. The number of esters is 1. The second-order valence-corrected chi connectivity index (χ2v) is 9.12. The Hall–Kier alpha value is -1.51. The second kappa shape index (κ2) is 5.25. The number of phenolic OH excluding ortho intramolecular Hbond substituents is 1. The molecule has 2 saturated carbocycles. The van der Waals surface area contributed by atoms with Crippen LogP contribution in [0.4, 0.5) is 0 Å². The highest BCUT2D eigenvalue weighted by Gasteiger charge is 2.64. The van der Waals surface area contributed by atoms with Gasteiger partial charge in [-0.1, -0.05) is 13.0 Å². The first kappa shape index (κ1) is 15.7. The molecule has 0 bridgehead atoms. The largest absolute Gasteiger partial charge is 0.508 e. The van der Waals surface area contributed by atoms with Gasteiger partial charge in [-0.15, -0.1) is 0 Å². The van der Waals surface area contributed by atoms with Gasteiger partial charge in [-0.2, -0.15) is 0 Å². The van der Waals surface area contributed by atoms with Crippen LogP contribution in [0, 0.1) is 17.3 Å². The molecule has 1 aromatic carbocycles. The summed E-state index contributed by atoms with van der Waals surface area (Å²) in [7, 11) is 0. The maximum atomic E-state index is 12.1. The van der Waals surface area contributed by atoms with Crippen LogP contribution < -0.4 is 0 Å². The molecule has 1 saturated heterocycles. The number of phenols is 1. The van der Waals surface area contributed by atoms with E-state index in [1.807, 2.05) is 12.1 Å². The number of benzene rings is 1. The third-order valence-electron chi connectivity index (χ3n) is 8.27. The molecular formula is C22H28O3. The molecular weight excluding hydrogens is 312 g/mol. The lowest BCUT2D eigenvalue weighted by Gasteiger charge is -2.55. The van der Waals surface area contributed by atoms with Gasteiger partial charge in [-0.3, -0.25) is 4.79 Å². The number of aryl methyl sites for hydroxylation is 1. The van der Waals surface area contributed by atoms with Crippen molar-refractivity contribution in [2.75, 3.05) is 0 Å². The zero-order chi connectivity index (χ0) is 17.2. The molecule has 1 N–H and O–H groups in total. The number of hydrogen-bond acceptors (Lipinski definition) is 3. The van der Waals surface area contributed by atoms with Crippen LogP contribution in [-0.2, 0) is 16.0 Å². The first-order valence-corrected chi connectivity index (χ1v) is 10.1. The topological polar surface area (TPSA) is 46.5 Å². The Morgan fingerprint density at radius 3 is 2.84 bits per heavy atom. The Morgan fingerprint density at radius 1 is 1.12 bits per heavy atom. The van der Waals surface area contributed by atoms with Crippen LogP contribution in [0.2, 0.25) is 0 Å². The Morgan fingerprint density at radius 2 is 2.00 bits per heavy atom. The van der Waals surface area contributed by atoms with Gasteiger partial charge in [0.05, 0.1) is 0 Å². The summed E-state index contributed by atoms with van der Waals surface area (Å²) in [6, 6.07) is 5.99. The van der Waals surface area contributed by atoms with Gasteiger partial charge in [0.2, 0.25) is 0 Å². The van der Waals surface area contributed by atoms with Gasteiger partial charge in [-0.25, -0.2) is 0 Å². The fourth-order valence-electron chi connectivity index (χ4n) is 7.08. The van der Waals surface area contributed by atoms with Gasteiger partial charge < -0.3 is 9.84 Å². The van der Waals surface area contributed by atoms with Gasteiger partial charge in [0, 0.05) is 11.8 Å². The normalized spacial score (nSPS) is 42.4. The number of rotatable bonds is 0. The highest BCUT2D eigenvalue weighted by atomic mass is 16.6. The van der Waals surface area contributed by atoms with Crippen molar-refractivity contribution in [3.63, 3.8) is 0 Å². The summed E-state index contributed by atoms with van der Waals surface area (Å²) in [5.41, 5.74) is 2.78. The lowest BCUT2D eigenvalue weighted by atomic mass is 9.52. The third-order valence-corrected chi connectivity index (χ3v) is 8.27. The fourth-order valence-corrected chi connectivity index (χ4v) is 7.08. The molecule has 134 valence electrons. The Kier molecular flexibility index (Phi) is 3.30. The molecule has 4 aliphatic rings. The summed E-state index contributed by atoms with van der Waals surface area (Å²) in [5.74, 6) is 2.42. The molecule has 3 nitrogen and oxygen atoms in total. The monoisotopic (exact) mass is 340 g/mol. The lowest BCUT2D eigenvalue weighted by Crippen LogP contribution is -2.54. The summed E-state index contributed by atoms with van der Waals surface area (Å²) in [6.07, 6.45) is 9.57. The van der Waals surface area contributed by atoms with E-state index in [2.05, 4.69) is 13.0 Å². The minimum absolute atomic E-state index is 0.0275. The standard InChI is InChI=1S/C22H28O3/c1-21-11-8-17-16-7-5-15(23)13-14(16)4-6-18(17)19(21)9-12-22(21)10-2-3-20(24)25-22/h5,7,13,17-19,23H,2-4,6,8-12H2,1H3/t17?,18?,19?,21?,22-/m0/s1. The van der Waals surface area contributed by atoms with Crippen LogP contribution in [0.5, 0.6) is 5.75 Å². The van der Waals surface area contributed by atoms with Crippen LogP contribution >= 0.6 is 0 Å². The average Bonchev–Trinajstić information content (AvgIpc) is 2.86. The number of carbonyl (C=O) groups excluding carboxylic acids is 1. The Bertz CT molecular complexity index is 726. The van der Waals surface area contributed by atoms with Crippen LogP contribution in [0.25, 0.3) is 0 Å². The van der Waals surface area contributed by atoms with E-state index in [0.29, 0.717) is 29.9 Å². The molecule has 0 radical (unpaired) electrons. The molecule has 3 aliphatic carbocycles. The third kappa shape index (κ3) is 2.07. The number of fused-ring (bicyclic) bond motifs is 6. The molecule has 5 atom stereocenters. The maximum Gasteiger partial charge on any atom is 0.306 e. The summed E-state index contributed by atoms with van der Waals surface area (Å²) in [5, 5.41) is 9.82. The van der Waals surface area contributed by atoms with Crippen molar-refractivity contribution in [3.05, 3.63) is 29.3 Å². The van der Waals surface area contributed by atoms with Crippen molar-refractivity contribution >= 4 is 5.97 Å². The van der Waals surface area contributed by atoms with Crippen molar-refractivity contribution in [1.82, 2.24) is 0 Å². The zero-order valence-corrected chi connectivity index (χ0v) is 15.1. The molecule has 1 heterocycles. The number of hydrogen-bond donors (Lipinski definition) is 1. The minimum atomic E-state index is -0.187. The second-order valence-electron chi connectivity index (χ2n) is 9.12. The number of carbonyl (C=O) groups is 1. The van der Waals surface area contributed by atoms with E-state index in [9.17, 15) is 9.90 Å². The van der Waals surface area contributed by atoms with Gasteiger partial charge in [-0.05, 0) is 92.4 Å². The average molecular weight is 340 g/mol. The highest BCUT2D eigenvalue weighted by molar-refractivity contribution is 5.71. The van der Waals surface area contributed by atoms with Gasteiger partial charge in [0.1, 0.15) is 11.4 Å². The van der Waals surface area contributed by atoms with Crippen molar-refractivity contribution in [3.8, 4) is 5.75 Å². The molecule has 5 rings (SSSR count). The van der Waals surface area contributed by atoms with Crippen molar-refractivity contribution < 1.29 is 14.6 Å². The van der Waals surface area contributed by atoms with E-state index in [0.717, 1.165) is 32.1 Å². The Balaban J connectivity index is 1.49. The Labute approximate surface area is 149 Å². The predicted octanol–water partition coefficient (Wildman–Crippen LogP) is 4.71. The smallest absolute Gasteiger partial charge is 0.306 e. The first-order valence-electron chi connectivity index (χ1n) is 10.1. The molecule has 1 aliphatic heterocycles. The van der Waals surface area contributed by atoms with E-state index in [1.54, 1.807) is 0 Å². The van der Waals surface area contributed by atoms with E-state index in [4.69, 9.17) is 4.74 Å². The first-order chi connectivity index (χ1) is 12.0.